The van der Waals surface area contributed by atoms with E-state index in [1.54, 1.807) is 43.2 Å². The summed E-state index contributed by atoms with van der Waals surface area (Å²) in [7, 11) is 0. The molecule has 0 amide bonds. The predicted molar refractivity (Wildman–Crippen MR) is 115 cm³/mol. The lowest BCUT2D eigenvalue weighted by atomic mass is 10.0. The van der Waals surface area contributed by atoms with Crippen molar-refractivity contribution in [2.75, 3.05) is 0 Å². The summed E-state index contributed by atoms with van der Waals surface area (Å²) >= 11 is 0. The van der Waals surface area contributed by atoms with Crippen LogP contribution in [-0.2, 0) is 0 Å². The van der Waals surface area contributed by atoms with E-state index in [1.165, 1.54) is 12.1 Å². The highest BCUT2D eigenvalue weighted by molar-refractivity contribution is 6.00. The molecular weight excluding hydrogens is 393 g/mol. The molecule has 0 aliphatic rings. The number of hydrogen-bond acceptors (Lipinski definition) is 5. The van der Waals surface area contributed by atoms with E-state index in [4.69, 9.17) is 0 Å². The Morgan fingerprint density at radius 1 is 0.806 bits per heavy atom. The molecule has 0 saturated carbocycles. The molecule has 7 nitrogen and oxygen atoms in total. The predicted octanol–water partition coefficient (Wildman–Crippen LogP) is 4.76. The van der Waals surface area contributed by atoms with E-state index in [2.05, 4.69) is 35.1 Å². The zero-order valence-corrected chi connectivity index (χ0v) is 16.0. The van der Waals surface area contributed by atoms with Crippen molar-refractivity contribution in [1.29, 1.82) is 0 Å². The van der Waals surface area contributed by atoms with E-state index in [1.807, 2.05) is 18.2 Å². The first kappa shape index (κ1) is 17.4. The molecule has 8 heteroatoms. The molecule has 6 aromatic rings. The number of fused-ring (bicyclic) bond motifs is 2. The van der Waals surface area contributed by atoms with E-state index in [9.17, 15) is 4.39 Å². The normalized spacial score (nSPS) is 11.4. The second-order valence-corrected chi connectivity index (χ2v) is 7.13. The van der Waals surface area contributed by atoms with Crippen LogP contribution in [0.25, 0.3) is 55.7 Å². The molecule has 0 bridgehead atoms. The van der Waals surface area contributed by atoms with Gasteiger partial charge in [-0.2, -0.15) is 5.10 Å². The molecule has 148 valence electrons. The molecule has 5 heterocycles. The zero-order chi connectivity index (χ0) is 20.8. The second-order valence-electron chi connectivity index (χ2n) is 7.13. The summed E-state index contributed by atoms with van der Waals surface area (Å²) < 4.78 is 13.8. The van der Waals surface area contributed by atoms with Gasteiger partial charge in [0.2, 0.25) is 0 Å². The summed E-state index contributed by atoms with van der Waals surface area (Å²) in [5.74, 6) is -0.285. The maximum absolute atomic E-state index is 13.8. The van der Waals surface area contributed by atoms with Gasteiger partial charge in [-0.1, -0.05) is 12.1 Å². The topological polar surface area (TPSA) is 96.0 Å². The van der Waals surface area contributed by atoms with Crippen LogP contribution in [0.1, 0.15) is 0 Å². The fourth-order valence-corrected chi connectivity index (χ4v) is 3.77. The average molecular weight is 407 g/mol. The minimum Gasteiger partial charge on any atom is -0.352 e. The molecule has 2 N–H and O–H groups in total. The maximum Gasteiger partial charge on any atom is 0.181 e. The lowest BCUT2D eigenvalue weighted by Gasteiger charge is -2.02. The number of rotatable bonds is 3. The largest absolute Gasteiger partial charge is 0.352 e. The van der Waals surface area contributed by atoms with Crippen LogP contribution in [0.2, 0.25) is 0 Å². The van der Waals surface area contributed by atoms with Crippen LogP contribution >= 0.6 is 0 Å². The van der Waals surface area contributed by atoms with Crippen molar-refractivity contribution >= 4 is 21.9 Å². The number of H-pyrrole nitrogens is 2. The highest BCUT2D eigenvalue weighted by atomic mass is 19.1. The van der Waals surface area contributed by atoms with E-state index < -0.39 is 0 Å². The number of hydrogen-bond donors (Lipinski definition) is 2. The van der Waals surface area contributed by atoms with Crippen LogP contribution in [-0.4, -0.2) is 35.1 Å². The summed E-state index contributed by atoms with van der Waals surface area (Å²) in [6.07, 6.45) is 10.2. The van der Waals surface area contributed by atoms with Crippen LogP contribution in [0.3, 0.4) is 0 Å². The SMILES string of the molecule is Fc1cccc(-c2cncc3[nH]c(-c4[nH]nc5ncc(-c6cnccn6)cc45)cc23)c1. The monoisotopic (exact) mass is 407 g/mol. The Hall–Kier alpha value is -4.46. The fraction of sp³-hybridized carbons (Fsp3) is 0. The van der Waals surface area contributed by atoms with E-state index in [-0.39, 0.29) is 5.82 Å². The van der Waals surface area contributed by atoms with Crippen LogP contribution in [0.15, 0.2) is 73.6 Å². The highest BCUT2D eigenvalue weighted by Crippen LogP contribution is 2.34. The molecule has 0 fully saturated rings. The van der Waals surface area contributed by atoms with Gasteiger partial charge in [0.05, 0.1) is 35.0 Å². The van der Waals surface area contributed by atoms with E-state index >= 15 is 0 Å². The van der Waals surface area contributed by atoms with Crippen molar-refractivity contribution in [3.63, 3.8) is 0 Å². The van der Waals surface area contributed by atoms with Gasteiger partial charge in [-0.3, -0.25) is 20.1 Å². The van der Waals surface area contributed by atoms with Crippen LogP contribution in [0.5, 0.6) is 0 Å². The first-order chi connectivity index (χ1) is 15.3. The smallest absolute Gasteiger partial charge is 0.181 e. The van der Waals surface area contributed by atoms with Gasteiger partial charge in [-0.05, 0) is 29.8 Å². The lowest BCUT2D eigenvalue weighted by Crippen LogP contribution is -1.86. The minimum atomic E-state index is -0.285. The quantitative estimate of drug-likeness (QED) is 0.441. The Morgan fingerprint density at radius 3 is 2.65 bits per heavy atom. The van der Waals surface area contributed by atoms with Crippen LogP contribution in [0.4, 0.5) is 4.39 Å². The lowest BCUT2D eigenvalue weighted by molar-refractivity contribution is 0.628. The number of nitrogens with one attached hydrogen (secondary N) is 2. The van der Waals surface area contributed by atoms with Crippen LogP contribution in [0, 0.1) is 5.82 Å². The van der Waals surface area contributed by atoms with Gasteiger partial charge in [0.25, 0.3) is 0 Å². The third-order valence-corrected chi connectivity index (χ3v) is 5.22. The number of aromatic nitrogens is 7. The summed E-state index contributed by atoms with van der Waals surface area (Å²) in [4.78, 5) is 20.6. The van der Waals surface area contributed by atoms with Gasteiger partial charge in [-0.15, -0.1) is 0 Å². The number of benzene rings is 1. The Morgan fingerprint density at radius 2 is 1.77 bits per heavy atom. The summed E-state index contributed by atoms with van der Waals surface area (Å²) in [5, 5.41) is 9.21. The molecule has 0 radical (unpaired) electrons. The van der Waals surface area contributed by atoms with Crippen molar-refractivity contribution in [2.45, 2.75) is 0 Å². The van der Waals surface area contributed by atoms with Gasteiger partial charge in [0, 0.05) is 46.7 Å². The minimum absolute atomic E-state index is 0.285. The van der Waals surface area contributed by atoms with Crippen molar-refractivity contribution in [1.82, 2.24) is 35.1 Å². The molecule has 0 aliphatic heterocycles. The third-order valence-electron chi connectivity index (χ3n) is 5.22. The second kappa shape index (κ2) is 6.81. The summed E-state index contributed by atoms with van der Waals surface area (Å²) in [6, 6.07) is 10.5. The molecular formula is C23H14FN7. The van der Waals surface area contributed by atoms with Gasteiger partial charge < -0.3 is 4.98 Å². The standard InChI is InChI=1S/C23H14FN7/c24-15-3-1-2-13(6-15)18-10-26-12-21-16(18)8-19(29-21)22-17-7-14(9-28-23(17)31-30-22)20-11-25-4-5-27-20/h1-12,29H,(H,28,30,31). The van der Waals surface area contributed by atoms with Crippen molar-refractivity contribution < 1.29 is 4.39 Å². The first-order valence-corrected chi connectivity index (χ1v) is 9.60. The Kier molecular flexibility index (Phi) is 3.82. The molecule has 0 aliphatic carbocycles. The Balaban J connectivity index is 1.52. The zero-order valence-electron chi connectivity index (χ0n) is 16.0. The van der Waals surface area contributed by atoms with Gasteiger partial charge >= 0.3 is 0 Å². The third kappa shape index (κ3) is 2.93. The van der Waals surface area contributed by atoms with E-state index in [0.717, 1.165) is 50.1 Å². The Bertz CT molecular complexity index is 1550. The molecule has 0 saturated heterocycles. The van der Waals surface area contributed by atoms with Crippen molar-refractivity contribution in [3.05, 3.63) is 79.4 Å². The van der Waals surface area contributed by atoms with Gasteiger partial charge in [0.15, 0.2) is 5.65 Å². The molecule has 1 aromatic carbocycles. The number of aromatic amines is 2. The number of nitrogens with zero attached hydrogens (tertiary/aromatic N) is 5. The van der Waals surface area contributed by atoms with Crippen molar-refractivity contribution in [2.24, 2.45) is 0 Å². The van der Waals surface area contributed by atoms with Gasteiger partial charge in [0.1, 0.15) is 5.82 Å². The first-order valence-electron chi connectivity index (χ1n) is 9.60. The number of halogens is 1. The molecule has 5 aromatic heterocycles. The average Bonchev–Trinajstić information content (AvgIpc) is 3.43. The highest BCUT2D eigenvalue weighted by Gasteiger charge is 2.15. The van der Waals surface area contributed by atoms with E-state index in [0.29, 0.717) is 5.65 Å². The van der Waals surface area contributed by atoms with Crippen LogP contribution < -0.4 is 0 Å². The van der Waals surface area contributed by atoms with Crippen molar-refractivity contribution in [3.8, 4) is 33.8 Å². The summed E-state index contributed by atoms with van der Waals surface area (Å²) in [6.45, 7) is 0. The Labute approximate surface area is 175 Å². The number of pyridine rings is 2. The van der Waals surface area contributed by atoms with Gasteiger partial charge in [-0.25, -0.2) is 9.37 Å². The molecule has 0 unspecified atom stereocenters. The molecule has 6 rings (SSSR count). The molecule has 0 spiro atoms. The fourth-order valence-electron chi connectivity index (χ4n) is 3.77. The summed E-state index contributed by atoms with van der Waals surface area (Å²) in [5.41, 5.74) is 6.28. The molecule has 0 atom stereocenters. The maximum atomic E-state index is 13.8. The molecule has 31 heavy (non-hydrogen) atoms.